The molecule has 0 heterocycles. The van der Waals surface area contributed by atoms with Crippen LogP contribution in [0.2, 0.25) is 0 Å². The van der Waals surface area contributed by atoms with Gasteiger partial charge in [0, 0.05) is 26.2 Å². The van der Waals surface area contributed by atoms with Gasteiger partial charge in [-0.1, -0.05) is 6.42 Å². The second-order valence-electron chi connectivity index (χ2n) is 5.38. The molecule has 1 saturated carbocycles. The molecule has 116 valence electrons. The van der Waals surface area contributed by atoms with Crippen LogP contribution < -0.4 is 21.3 Å². The summed E-state index contributed by atoms with van der Waals surface area (Å²) < 4.78 is 0. The van der Waals surface area contributed by atoms with Gasteiger partial charge in [0.05, 0.1) is 0 Å². The molecule has 2 unspecified atom stereocenters. The third-order valence-corrected chi connectivity index (χ3v) is 3.67. The molecule has 2 atom stereocenters. The number of hydrogen-bond donors (Lipinski definition) is 4. The van der Waals surface area contributed by atoms with E-state index in [-0.39, 0.29) is 12.1 Å². The van der Waals surface area contributed by atoms with Crippen molar-refractivity contribution in [3.63, 3.8) is 0 Å². The van der Waals surface area contributed by atoms with Crippen molar-refractivity contribution in [2.75, 3.05) is 26.2 Å². The van der Waals surface area contributed by atoms with Crippen LogP contribution in [0.1, 0.15) is 39.5 Å². The average Bonchev–Trinajstić information content (AvgIpc) is 2.44. The van der Waals surface area contributed by atoms with Gasteiger partial charge in [0.25, 0.3) is 0 Å². The Hall–Kier alpha value is -1.46. The highest BCUT2D eigenvalue weighted by Crippen LogP contribution is 2.28. The maximum atomic E-state index is 11.4. The summed E-state index contributed by atoms with van der Waals surface area (Å²) >= 11 is 0. The summed E-state index contributed by atoms with van der Waals surface area (Å²) in [6, 6.07) is -0.176. The monoisotopic (exact) mass is 284 g/mol. The zero-order chi connectivity index (χ0) is 14.8. The molecular weight excluding hydrogens is 256 g/mol. The van der Waals surface area contributed by atoms with Gasteiger partial charge in [0.2, 0.25) is 0 Å². The summed E-state index contributed by atoms with van der Waals surface area (Å²) in [5, 5.41) is 11.3. The van der Waals surface area contributed by atoms with Gasteiger partial charge < -0.3 is 21.3 Å². The summed E-state index contributed by atoms with van der Waals surface area (Å²) in [6.45, 7) is 6.56. The van der Waals surface area contributed by atoms with Crippen LogP contribution in [-0.2, 0) is 0 Å². The molecule has 0 aromatic heterocycles. The highest BCUT2D eigenvalue weighted by molar-refractivity contribution is 5.74. The summed E-state index contributed by atoms with van der Waals surface area (Å²) in [4.78, 5) is 22.7. The Morgan fingerprint density at radius 1 is 0.850 bits per heavy atom. The predicted octanol–water partition coefficient (Wildman–Crippen LogP) is 1.43. The average molecular weight is 284 g/mol. The van der Waals surface area contributed by atoms with Gasteiger partial charge in [-0.3, -0.25) is 0 Å². The first kappa shape index (κ1) is 16.6. The third kappa shape index (κ3) is 6.63. The fraction of sp³-hybridized carbons (Fsp3) is 0.857. The number of carbonyl (C=O) groups is 2. The molecule has 1 rings (SSSR count). The maximum absolute atomic E-state index is 11.4. The second kappa shape index (κ2) is 9.44. The zero-order valence-corrected chi connectivity index (χ0v) is 12.6. The number of amides is 4. The molecule has 6 nitrogen and oxygen atoms in total. The summed E-state index contributed by atoms with van der Waals surface area (Å²) in [5.74, 6) is 1.04. The summed E-state index contributed by atoms with van der Waals surface area (Å²) in [6.07, 6.45) is 4.55. The van der Waals surface area contributed by atoms with Gasteiger partial charge in [-0.25, -0.2) is 9.59 Å². The normalized spacial score (nSPS) is 21.9. The van der Waals surface area contributed by atoms with E-state index in [1.54, 1.807) is 0 Å². The maximum Gasteiger partial charge on any atom is 0.314 e. The van der Waals surface area contributed by atoms with Crippen LogP contribution >= 0.6 is 0 Å². The van der Waals surface area contributed by atoms with Gasteiger partial charge in [0.1, 0.15) is 0 Å². The third-order valence-electron chi connectivity index (χ3n) is 3.67. The van der Waals surface area contributed by atoms with Gasteiger partial charge in [-0.05, 0) is 44.9 Å². The van der Waals surface area contributed by atoms with E-state index in [9.17, 15) is 9.59 Å². The van der Waals surface area contributed by atoms with E-state index in [4.69, 9.17) is 0 Å². The van der Waals surface area contributed by atoms with E-state index in [2.05, 4.69) is 21.3 Å². The van der Waals surface area contributed by atoms with Gasteiger partial charge >= 0.3 is 12.1 Å². The standard InChI is InChI=1S/C14H28N4O2/c1-3-15-13(19)17-9-11-6-5-7-12(8-11)10-18-14(20)16-4-2/h11-12H,3-10H2,1-2H3,(H2,15,17,19)(H2,16,18,20). The summed E-state index contributed by atoms with van der Waals surface area (Å²) in [5.41, 5.74) is 0. The van der Waals surface area contributed by atoms with E-state index in [0.29, 0.717) is 24.9 Å². The molecule has 0 aliphatic heterocycles. The van der Waals surface area contributed by atoms with Gasteiger partial charge in [-0.2, -0.15) is 0 Å². The van der Waals surface area contributed by atoms with E-state index in [0.717, 1.165) is 32.4 Å². The molecule has 6 heteroatoms. The van der Waals surface area contributed by atoms with Crippen LogP contribution in [0.4, 0.5) is 9.59 Å². The lowest BCUT2D eigenvalue weighted by Crippen LogP contribution is -2.41. The molecule has 0 spiro atoms. The summed E-state index contributed by atoms with van der Waals surface area (Å²) in [7, 11) is 0. The van der Waals surface area contributed by atoms with Crippen molar-refractivity contribution >= 4 is 12.1 Å². The topological polar surface area (TPSA) is 82.3 Å². The molecule has 0 aromatic carbocycles. The molecule has 0 bridgehead atoms. The lowest BCUT2D eigenvalue weighted by atomic mass is 9.81. The predicted molar refractivity (Wildman–Crippen MR) is 79.6 cm³/mol. The number of hydrogen-bond acceptors (Lipinski definition) is 2. The quantitative estimate of drug-likeness (QED) is 0.595. The Morgan fingerprint density at radius 3 is 1.70 bits per heavy atom. The van der Waals surface area contributed by atoms with Crippen molar-refractivity contribution in [2.45, 2.75) is 39.5 Å². The van der Waals surface area contributed by atoms with E-state index >= 15 is 0 Å². The van der Waals surface area contributed by atoms with Crippen molar-refractivity contribution in [1.29, 1.82) is 0 Å². The lowest BCUT2D eigenvalue weighted by molar-refractivity contribution is 0.222. The van der Waals surface area contributed by atoms with Crippen molar-refractivity contribution in [2.24, 2.45) is 11.8 Å². The molecule has 0 radical (unpaired) electrons. The van der Waals surface area contributed by atoms with Crippen molar-refractivity contribution in [1.82, 2.24) is 21.3 Å². The molecule has 1 fully saturated rings. The first-order chi connectivity index (χ1) is 9.65. The minimum absolute atomic E-state index is 0.0879. The Labute approximate surface area is 121 Å². The zero-order valence-electron chi connectivity index (χ0n) is 12.6. The smallest absolute Gasteiger partial charge is 0.314 e. The molecular formula is C14H28N4O2. The van der Waals surface area contributed by atoms with E-state index in [1.165, 1.54) is 6.42 Å². The van der Waals surface area contributed by atoms with Crippen LogP contribution in [0.5, 0.6) is 0 Å². The largest absolute Gasteiger partial charge is 0.338 e. The Morgan fingerprint density at radius 2 is 1.30 bits per heavy atom. The molecule has 1 aliphatic rings. The first-order valence-corrected chi connectivity index (χ1v) is 7.69. The number of carbonyl (C=O) groups excluding carboxylic acids is 2. The molecule has 4 N–H and O–H groups in total. The second-order valence-corrected chi connectivity index (χ2v) is 5.38. The van der Waals surface area contributed by atoms with Crippen LogP contribution in [0.3, 0.4) is 0 Å². The van der Waals surface area contributed by atoms with Crippen molar-refractivity contribution in [3.8, 4) is 0 Å². The fourth-order valence-corrected chi connectivity index (χ4v) is 2.69. The highest BCUT2D eigenvalue weighted by Gasteiger charge is 2.22. The van der Waals surface area contributed by atoms with Crippen LogP contribution in [-0.4, -0.2) is 38.2 Å². The molecule has 20 heavy (non-hydrogen) atoms. The highest BCUT2D eigenvalue weighted by atomic mass is 16.2. The van der Waals surface area contributed by atoms with E-state index < -0.39 is 0 Å². The molecule has 1 aliphatic carbocycles. The first-order valence-electron chi connectivity index (χ1n) is 7.69. The Kier molecular flexibility index (Phi) is 7.84. The Balaban J connectivity index is 2.21. The molecule has 4 amide bonds. The van der Waals surface area contributed by atoms with Crippen molar-refractivity contribution in [3.05, 3.63) is 0 Å². The number of urea groups is 2. The van der Waals surface area contributed by atoms with E-state index in [1.807, 2.05) is 13.8 Å². The lowest BCUT2D eigenvalue weighted by Gasteiger charge is -2.29. The van der Waals surface area contributed by atoms with Crippen LogP contribution in [0.15, 0.2) is 0 Å². The minimum Gasteiger partial charge on any atom is -0.338 e. The SMILES string of the molecule is CCNC(=O)NCC1CCCC(CNC(=O)NCC)C1. The van der Waals surface area contributed by atoms with Crippen LogP contribution in [0, 0.1) is 11.8 Å². The number of rotatable bonds is 6. The molecule has 0 saturated heterocycles. The minimum atomic E-state index is -0.0879. The van der Waals surface area contributed by atoms with Gasteiger partial charge in [-0.15, -0.1) is 0 Å². The van der Waals surface area contributed by atoms with Crippen molar-refractivity contribution < 1.29 is 9.59 Å². The van der Waals surface area contributed by atoms with Crippen LogP contribution in [0.25, 0.3) is 0 Å². The molecule has 0 aromatic rings. The Bertz CT molecular complexity index is 282. The van der Waals surface area contributed by atoms with Gasteiger partial charge in [0.15, 0.2) is 0 Å². The fourth-order valence-electron chi connectivity index (χ4n) is 2.69. The number of nitrogens with one attached hydrogen (secondary N) is 4.